The first-order chi connectivity index (χ1) is 22.6. The van der Waals surface area contributed by atoms with E-state index in [1.54, 1.807) is 0 Å². The molecule has 0 aromatic heterocycles. The van der Waals surface area contributed by atoms with Gasteiger partial charge in [-0.25, -0.2) is 9.78 Å². The number of carbonyl (C=O) groups is 1. The second-order valence-corrected chi connectivity index (χ2v) is 13.3. The number of thioether (sulfide) groups is 1. The Morgan fingerprint density at radius 1 is 0.638 bits per heavy atom. The van der Waals surface area contributed by atoms with Crippen molar-refractivity contribution in [2.45, 2.75) is 155 Å². The van der Waals surface area contributed by atoms with Crippen LogP contribution in [0.25, 0.3) is 0 Å². The average molecular weight is 691 g/mol. The van der Waals surface area contributed by atoms with Gasteiger partial charge in [-0.05, 0) is 78.4 Å². The molecular weight excluding hydrogens is 609 g/mol. The molecule has 0 fully saturated rings. The van der Waals surface area contributed by atoms with Crippen molar-refractivity contribution in [3.63, 3.8) is 0 Å². The lowest BCUT2D eigenvalue weighted by Gasteiger charge is -2.05. The van der Waals surface area contributed by atoms with Crippen LogP contribution in [0.2, 0.25) is 0 Å². The molecule has 0 spiro atoms. The largest absolute Gasteiger partial charge is 0.412 e. The van der Waals surface area contributed by atoms with Crippen LogP contribution >= 0.6 is 11.8 Å². The summed E-state index contributed by atoms with van der Waals surface area (Å²) in [6, 6.07) is 0. The fourth-order valence-electron chi connectivity index (χ4n) is 4.44. The van der Waals surface area contributed by atoms with E-state index in [4.69, 9.17) is 14.9 Å². The summed E-state index contributed by atoms with van der Waals surface area (Å²) < 4.78 is 0. The van der Waals surface area contributed by atoms with Gasteiger partial charge in [0.25, 0.3) is 0 Å². The first-order valence-electron chi connectivity index (χ1n) is 19.0. The molecule has 4 N–H and O–H groups in total. The van der Waals surface area contributed by atoms with Gasteiger partial charge in [-0.15, -0.1) is 0 Å². The predicted octanol–water partition coefficient (Wildman–Crippen LogP) is 9.52. The number of allylic oxidation sites excluding steroid dienone is 2. The van der Waals surface area contributed by atoms with Gasteiger partial charge >= 0.3 is 0 Å². The maximum Gasteiger partial charge on any atom is 0.120 e. The lowest BCUT2D eigenvalue weighted by molar-refractivity contribution is -0.286. The molecule has 0 saturated heterocycles. The van der Waals surface area contributed by atoms with Crippen LogP contribution < -0.4 is 5.32 Å². The summed E-state index contributed by atoms with van der Waals surface area (Å²) in [5.74, 6) is 1.24. The van der Waals surface area contributed by atoms with Gasteiger partial charge in [0.05, 0.1) is 13.2 Å². The molecule has 0 atom stereocenters. The van der Waals surface area contributed by atoms with Crippen LogP contribution in [0.4, 0.5) is 0 Å². The molecule has 7 nitrogen and oxygen atoms in total. The highest BCUT2D eigenvalue weighted by Gasteiger charge is 1.93. The summed E-state index contributed by atoms with van der Waals surface area (Å²) >= 11 is 1.89. The van der Waals surface area contributed by atoms with Crippen LogP contribution in [0.15, 0.2) is 24.3 Å². The van der Waals surface area contributed by atoms with E-state index in [-0.39, 0.29) is 12.1 Å². The molecule has 0 rings (SSSR count). The summed E-state index contributed by atoms with van der Waals surface area (Å²) in [5, 5.41) is 11.8. The summed E-state index contributed by atoms with van der Waals surface area (Å²) in [5.41, 5.74) is 0. The Morgan fingerprint density at radius 3 is 1.62 bits per heavy atom. The van der Waals surface area contributed by atoms with Gasteiger partial charge in [-0.2, -0.15) is 11.8 Å². The normalized spacial score (nSPS) is 11.0. The van der Waals surface area contributed by atoms with Crippen molar-refractivity contribution >= 4 is 18.0 Å². The van der Waals surface area contributed by atoms with Gasteiger partial charge in [0.2, 0.25) is 0 Å². The zero-order valence-corrected chi connectivity index (χ0v) is 32.7. The minimum Gasteiger partial charge on any atom is -0.412 e. The van der Waals surface area contributed by atoms with Crippen LogP contribution in [-0.2, 0) is 14.6 Å². The topological polar surface area (TPSA) is 103 Å². The first-order valence-corrected chi connectivity index (χ1v) is 20.4. The molecule has 0 radical (unpaired) electrons. The molecule has 0 aliphatic heterocycles. The quantitative estimate of drug-likeness (QED) is 0.0228. The minimum atomic E-state index is 0. The molecule has 0 bridgehead atoms. The van der Waals surface area contributed by atoms with Crippen molar-refractivity contribution in [3.05, 3.63) is 24.3 Å². The Labute approximate surface area is 297 Å². The second kappa shape index (κ2) is 54.7. The van der Waals surface area contributed by atoms with E-state index < -0.39 is 0 Å². The molecule has 0 unspecified atom stereocenters. The minimum absolute atomic E-state index is 0. The zero-order valence-electron chi connectivity index (χ0n) is 31.9. The van der Waals surface area contributed by atoms with Crippen molar-refractivity contribution in [2.24, 2.45) is 0 Å². The predicted molar refractivity (Wildman–Crippen MR) is 210 cm³/mol. The third-order valence-electron chi connectivity index (χ3n) is 7.38. The molecule has 0 aliphatic carbocycles. The Kier molecular flexibility index (Phi) is 61.8. The number of carbonyl (C=O) groups excluding carboxylic acids is 1. The number of nitrogens with one attached hydrogen (secondary N) is 1. The van der Waals surface area contributed by atoms with Crippen molar-refractivity contribution < 1.29 is 25.2 Å². The summed E-state index contributed by atoms with van der Waals surface area (Å²) in [7, 11) is 4.19. The van der Waals surface area contributed by atoms with Crippen LogP contribution in [0.1, 0.15) is 155 Å². The number of aliphatic hydroxyl groups is 1. The van der Waals surface area contributed by atoms with Crippen LogP contribution in [0.5, 0.6) is 0 Å². The molecule has 0 aromatic rings. The SMILES string of the molecule is CCCCCCCCCC/C=C/CO.CCCCCCCCCC/C=C/COOCCCCNCCCC=O.CSCCN(C)C.O. The van der Waals surface area contributed by atoms with E-state index in [2.05, 4.69) is 62.6 Å². The number of aliphatic hydroxyl groups excluding tert-OH is 1. The van der Waals surface area contributed by atoms with E-state index in [1.807, 2.05) is 17.8 Å². The Hall–Kier alpha value is -0.740. The number of rotatable bonds is 34. The fourth-order valence-corrected chi connectivity index (χ4v) is 4.98. The number of aldehydes is 1. The molecule has 8 heteroatoms. The molecule has 0 aliphatic rings. The summed E-state index contributed by atoms with van der Waals surface area (Å²) in [6.45, 7) is 8.98. The lowest BCUT2D eigenvalue weighted by atomic mass is 10.1. The zero-order chi connectivity index (χ0) is 34.4. The second-order valence-electron chi connectivity index (χ2n) is 12.3. The van der Waals surface area contributed by atoms with Gasteiger partial charge in [0, 0.05) is 18.7 Å². The maximum absolute atomic E-state index is 10.1. The molecule has 47 heavy (non-hydrogen) atoms. The molecule has 0 heterocycles. The van der Waals surface area contributed by atoms with E-state index in [1.165, 1.54) is 115 Å². The summed E-state index contributed by atoms with van der Waals surface area (Å²) in [6.07, 6.45) is 39.1. The smallest absolute Gasteiger partial charge is 0.120 e. The Balaban J connectivity index is -0.000000351. The standard InChI is InChI=1S/C21H41NO3.C13H26O.C5H13NS.H2O/c1-2-3-4-5-6-7-8-9-10-11-15-20-24-25-21-16-13-18-22-17-12-14-19-23;1-2-3-4-5-6-7-8-9-10-11-12-13-14;1-6(2)4-5-7-3;/h11,15,19,22H,2-10,12-14,16-18,20-21H2,1H3;11-12,14H,2-10,13H2,1H3;4-5H2,1-3H3;1H2/b15-11+;12-11+;;. The number of hydrogen-bond donors (Lipinski definition) is 2. The van der Waals surface area contributed by atoms with Crippen LogP contribution in [0.3, 0.4) is 0 Å². The van der Waals surface area contributed by atoms with Gasteiger partial charge in [-0.1, -0.05) is 128 Å². The third kappa shape index (κ3) is 64.4. The van der Waals surface area contributed by atoms with E-state index in [0.29, 0.717) is 19.6 Å². The lowest BCUT2D eigenvalue weighted by Crippen LogP contribution is -2.17. The summed E-state index contributed by atoms with van der Waals surface area (Å²) in [4.78, 5) is 22.6. The molecule has 0 amide bonds. The van der Waals surface area contributed by atoms with Gasteiger partial charge in [0.15, 0.2) is 0 Å². The van der Waals surface area contributed by atoms with Gasteiger partial charge in [-0.3, -0.25) is 0 Å². The maximum atomic E-state index is 10.1. The van der Waals surface area contributed by atoms with Crippen molar-refractivity contribution in [1.29, 1.82) is 0 Å². The molecule has 0 aromatic carbocycles. The Bertz CT molecular complexity index is 580. The van der Waals surface area contributed by atoms with Gasteiger partial charge < -0.3 is 25.6 Å². The van der Waals surface area contributed by atoms with E-state index in [9.17, 15) is 4.79 Å². The number of unbranched alkanes of at least 4 members (excludes halogenated alkanes) is 18. The van der Waals surface area contributed by atoms with E-state index in [0.717, 1.165) is 51.5 Å². The highest BCUT2D eigenvalue weighted by molar-refractivity contribution is 7.98. The van der Waals surface area contributed by atoms with Gasteiger partial charge in [0.1, 0.15) is 12.9 Å². The first kappa shape index (κ1) is 53.1. The van der Waals surface area contributed by atoms with Crippen LogP contribution in [0, 0.1) is 0 Å². The van der Waals surface area contributed by atoms with Crippen molar-refractivity contribution in [2.75, 3.05) is 65.6 Å². The third-order valence-corrected chi connectivity index (χ3v) is 7.98. The molecule has 284 valence electrons. The molecular formula is C39H82N2O5S. The monoisotopic (exact) mass is 691 g/mol. The highest BCUT2D eigenvalue weighted by Crippen LogP contribution is 2.10. The van der Waals surface area contributed by atoms with Crippen molar-refractivity contribution in [1.82, 2.24) is 10.2 Å². The Morgan fingerprint density at radius 2 is 1.15 bits per heavy atom. The van der Waals surface area contributed by atoms with Crippen molar-refractivity contribution in [3.8, 4) is 0 Å². The number of hydrogen-bond acceptors (Lipinski definition) is 7. The van der Waals surface area contributed by atoms with Crippen LogP contribution in [-0.4, -0.2) is 87.3 Å². The van der Waals surface area contributed by atoms with E-state index >= 15 is 0 Å². The average Bonchev–Trinajstić information content (AvgIpc) is 3.06. The highest BCUT2D eigenvalue weighted by atomic mass is 32.2. The molecule has 0 saturated carbocycles. The fraction of sp³-hybridized carbons (Fsp3) is 0.872. The number of nitrogens with zero attached hydrogens (tertiary/aromatic N) is 1.